The van der Waals surface area contributed by atoms with Crippen LogP contribution in [0.4, 0.5) is 0 Å². The van der Waals surface area contributed by atoms with Crippen LogP contribution in [0.3, 0.4) is 0 Å². The van der Waals surface area contributed by atoms with E-state index in [0.29, 0.717) is 13.0 Å². The Balaban J connectivity index is 1.58. The summed E-state index contributed by atoms with van der Waals surface area (Å²) in [6.07, 6.45) is 1.33. The summed E-state index contributed by atoms with van der Waals surface area (Å²) in [5, 5.41) is 1.16. The van der Waals surface area contributed by atoms with Gasteiger partial charge in [0.05, 0.1) is 13.5 Å². The van der Waals surface area contributed by atoms with Crippen LogP contribution in [0, 0.1) is 6.92 Å². The molecule has 0 bridgehead atoms. The fourth-order valence-corrected chi connectivity index (χ4v) is 3.64. The van der Waals surface area contributed by atoms with Crippen LogP contribution in [0.15, 0.2) is 42.5 Å². The van der Waals surface area contributed by atoms with Gasteiger partial charge in [0.25, 0.3) is 0 Å². The van der Waals surface area contributed by atoms with Gasteiger partial charge in [-0.2, -0.15) is 0 Å². The van der Waals surface area contributed by atoms with Crippen molar-refractivity contribution >= 4 is 16.8 Å². The number of fused-ring (bicyclic) bond motifs is 3. The van der Waals surface area contributed by atoms with Gasteiger partial charge in [0.1, 0.15) is 5.75 Å². The molecule has 0 saturated carbocycles. The van der Waals surface area contributed by atoms with E-state index in [1.165, 1.54) is 16.8 Å². The number of nitrogens with zero attached hydrogens (tertiary/aromatic N) is 1. The summed E-state index contributed by atoms with van der Waals surface area (Å²) in [4.78, 5) is 18.2. The number of hydrogen-bond acceptors (Lipinski definition) is 2. The number of ether oxygens (including phenoxy) is 1. The van der Waals surface area contributed by atoms with Crippen molar-refractivity contribution in [3.8, 4) is 5.75 Å². The Morgan fingerprint density at radius 1 is 1.24 bits per heavy atom. The SMILES string of the molecule is COc1ccc2[nH]c3c(c2c1)CN(C(=O)Cc1cccc(C)c1)CC3. The second kappa shape index (κ2) is 6.28. The van der Waals surface area contributed by atoms with Crippen LogP contribution in [0.1, 0.15) is 22.4 Å². The molecule has 4 heteroatoms. The minimum absolute atomic E-state index is 0.188. The fourth-order valence-electron chi connectivity index (χ4n) is 3.64. The lowest BCUT2D eigenvalue weighted by Crippen LogP contribution is -2.36. The lowest BCUT2D eigenvalue weighted by atomic mass is 10.0. The summed E-state index contributed by atoms with van der Waals surface area (Å²) in [5.41, 5.74) is 5.84. The molecule has 2 aromatic carbocycles. The highest BCUT2D eigenvalue weighted by Gasteiger charge is 2.24. The minimum atomic E-state index is 0.188. The Hall–Kier alpha value is -2.75. The van der Waals surface area contributed by atoms with E-state index < -0.39 is 0 Å². The molecular formula is C21H22N2O2. The number of amides is 1. The highest BCUT2D eigenvalue weighted by molar-refractivity contribution is 5.87. The number of carbonyl (C=O) groups excluding carboxylic acids is 1. The van der Waals surface area contributed by atoms with Gasteiger partial charge >= 0.3 is 0 Å². The van der Waals surface area contributed by atoms with Crippen LogP contribution in [0.2, 0.25) is 0 Å². The van der Waals surface area contributed by atoms with E-state index in [-0.39, 0.29) is 5.91 Å². The van der Waals surface area contributed by atoms with Gasteiger partial charge in [0.2, 0.25) is 5.91 Å². The lowest BCUT2D eigenvalue weighted by Gasteiger charge is -2.27. The van der Waals surface area contributed by atoms with Crippen LogP contribution < -0.4 is 4.74 Å². The molecule has 0 unspecified atom stereocenters. The highest BCUT2D eigenvalue weighted by Crippen LogP contribution is 2.30. The molecule has 0 aliphatic carbocycles. The maximum atomic E-state index is 12.8. The number of aromatic amines is 1. The Morgan fingerprint density at radius 2 is 2.12 bits per heavy atom. The number of methoxy groups -OCH3 is 1. The molecular weight excluding hydrogens is 312 g/mol. The van der Waals surface area contributed by atoms with E-state index in [1.54, 1.807) is 7.11 Å². The predicted molar refractivity (Wildman–Crippen MR) is 98.9 cm³/mol. The van der Waals surface area contributed by atoms with Crippen LogP contribution >= 0.6 is 0 Å². The van der Waals surface area contributed by atoms with E-state index in [9.17, 15) is 4.79 Å². The summed E-state index contributed by atoms with van der Waals surface area (Å²) in [6, 6.07) is 14.2. The summed E-state index contributed by atoms with van der Waals surface area (Å²) in [5.74, 6) is 1.03. The van der Waals surface area contributed by atoms with Crippen molar-refractivity contribution in [1.29, 1.82) is 0 Å². The van der Waals surface area contributed by atoms with Gasteiger partial charge in [-0.05, 0) is 30.7 Å². The molecule has 1 N–H and O–H groups in total. The molecule has 0 atom stereocenters. The van der Waals surface area contributed by atoms with Crippen LogP contribution in [0.5, 0.6) is 5.75 Å². The number of carbonyl (C=O) groups is 1. The van der Waals surface area contributed by atoms with E-state index in [1.807, 2.05) is 29.2 Å². The number of aryl methyl sites for hydroxylation is 1. The monoisotopic (exact) mass is 334 g/mol. The Labute approximate surface area is 147 Å². The number of rotatable bonds is 3. The molecule has 0 fully saturated rings. The van der Waals surface area contributed by atoms with Crippen molar-refractivity contribution in [1.82, 2.24) is 9.88 Å². The van der Waals surface area contributed by atoms with E-state index in [2.05, 4.69) is 30.1 Å². The number of benzene rings is 2. The molecule has 1 amide bonds. The number of nitrogens with one attached hydrogen (secondary N) is 1. The maximum absolute atomic E-state index is 12.8. The lowest BCUT2D eigenvalue weighted by molar-refractivity contribution is -0.131. The van der Waals surface area contributed by atoms with Gasteiger partial charge in [-0.25, -0.2) is 0 Å². The second-order valence-electron chi connectivity index (χ2n) is 6.72. The molecule has 1 aliphatic heterocycles. The first-order valence-corrected chi connectivity index (χ1v) is 8.65. The third kappa shape index (κ3) is 3.00. The molecule has 0 radical (unpaired) electrons. The number of aromatic nitrogens is 1. The standard InChI is InChI=1S/C21H22N2O2/c1-14-4-3-5-15(10-14)11-21(24)23-9-8-20-18(13-23)17-12-16(25-2)6-7-19(17)22-20/h3-7,10,12,22H,8-9,11,13H2,1-2H3. The molecule has 0 saturated heterocycles. The second-order valence-corrected chi connectivity index (χ2v) is 6.72. The third-order valence-electron chi connectivity index (χ3n) is 4.97. The van der Waals surface area contributed by atoms with Gasteiger partial charge in [-0.1, -0.05) is 29.8 Å². The first-order valence-electron chi connectivity index (χ1n) is 8.65. The molecule has 0 spiro atoms. The number of H-pyrrole nitrogens is 1. The largest absolute Gasteiger partial charge is 0.497 e. The first-order chi connectivity index (χ1) is 12.1. The van der Waals surface area contributed by atoms with Crippen molar-refractivity contribution < 1.29 is 9.53 Å². The Bertz CT molecular complexity index is 942. The highest BCUT2D eigenvalue weighted by atomic mass is 16.5. The van der Waals surface area contributed by atoms with Gasteiger partial charge in [-0.15, -0.1) is 0 Å². The molecule has 128 valence electrons. The smallest absolute Gasteiger partial charge is 0.227 e. The van der Waals surface area contributed by atoms with Crippen molar-refractivity contribution in [2.45, 2.75) is 26.3 Å². The summed E-state index contributed by atoms with van der Waals surface area (Å²) in [6.45, 7) is 3.48. The van der Waals surface area contributed by atoms with Crippen molar-refractivity contribution in [3.63, 3.8) is 0 Å². The summed E-state index contributed by atoms with van der Waals surface area (Å²) in [7, 11) is 1.68. The van der Waals surface area contributed by atoms with Crippen molar-refractivity contribution in [2.75, 3.05) is 13.7 Å². The van der Waals surface area contributed by atoms with E-state index >= 15 is 0 Å². The molecule has 4 nitrogen and oxygen atoms in total. The normalized spacial score (nSPS) is 13.8. The fraction of sp³-hybridized carbons (Fsp3) is 0.286. The first kappa shape index (κ1) is 15.8. The van der Waals surface area contributed by atoms with Crippen LogP contribution in [0.25, 0.3) is 10.9 Å². The minimum Gasteiger partial charge on any atom is -0.497 e. The van der Waals surface area contributed by atoms with Crippen LogP contribution in [-0.2, 0) is 24.2 Å². The molecule has 2 heterocycles. The van der Waals surface area contributed by atoms with Gasteiger partial charge < -0.3 is 14.6 Å². The van der Waals surface area contributed by atoms with Gasteiger partial charge in [0, 0.05) is 41.7 Å². The summed E-state index contributed by atoms with van der Waals surface area (Å²) >= 11 is 0. The molecule has 1 aromatic heterocycles. The zero-order chi connectivity index (χ0) is 17.4. The average molecular weight is 334 g/mol. The number of hydrogen-bond donors (Lipinski definition) is 1. The topological polar surface area (TPSA) is 45.3 Å². The van der Waals surface area contributed by atoms with Gasteiger partial charge in [0.15, 0.2) is 0 Å². The van der Waals surface area contributed by atoms with Gasteiger partial charge in [-0.3, -0.25) is 4.79 Å². The Morgan fingerprint density at radius 3 is 2.92 bits per heavy atom. The zero-order valence-electron chi connectivity index (χ0n) is 14.6. The van der Waals surface area contributed by atoms with E-state index in [0.717, 1.165) is 35.2 Å². The molecule has 3 aromatic rings. The van der Waals surface area contributed by atoms with Crippen molar-refractivity contribution in [2.24, 2.45) is 0 Å². The Kier molecular flexibility index (Phi) is 3.96. The average Bonchev–Trinajstić information content (AvgIpc) is 2.98. The quantitative estimate of drug-likeness (QED) is 0.795. The molecule has 25 heavy (non-hydrogen) atoms. The summed E-state index contributed by atoms with van der Waals surface area (Å²) < 4.78 is 5.35. The molecule has 1 aliphatic rings. The van der Waals surface area contributed by atoms with Crippen LogP contribution in [-0.4, -0.2) is 29.4 Å². The third-order valence-corrected chi connectivity index (χ3v) is 4.97. The van der Waals surface area contributed by atoms with E-state index in [4.69, 9.17) is 4.74 Å². The molecule has 4 rings (SSSR count). The maximum Gasteiger partial charge on any atom is 0.227 e. The zero-order valence-corrected chi connectivity index (χ0v) is 14.6. The van der Waals surface area contributed by atoms with Crippen molar-refractivity contribution in [3.05, 3.63) is 64.8 Å². The predicted octanol–water partition coefficient (Wildman–Crippen LogP) is 3.61.